The minimum Gasteiger partial charge on any atom is -0.342 e. The zero-order valence-corrected chi connectivity index (χ0v) is 10.8. The molecule has 1 aliphatic heterocycles. The Morgan fingerprint density at radius 3 is 2.50 bits per heavy atom. The van der Waals surface area contributed by atoms with Gasteiger partial charge in [-0.15, -0.1) is 0 Å². The zero-order chi connectivity index (χ0) is 11.6. The largest absolute Gasteiger partial charge is 0.342 e. The Labute approximate surface area is 99.4 Å². The summed E-state index contributed by atoms with van der Waals surface area (Å²) in [4.78, 5) is 14.7. The molecule has 0 N–H and O–H groups in total. The summed E-state index contributed by atoms with van der Waals surface area (Å²) in [5.74, 6) is 1.14. The van der Waals surface area contributed by atoms with Crippen molar-refractivity contribution in [2.45, 2.75) is 58.8 Å². The molecule has 2 heteroatoms. The number of likely N-dealkylation sites (tertiary alicyclic amines) is 1. The van der Waals surface area contributed by atoms with Crippen molar-refractivity contribution < 1.29 is 4.79 Å². The Hall–Kier alpha value is -0.530. The molecule has 0 aromatic heterocycles. The smallest absolute Gasteiger partial charge is 0.228 e. The molecule has 2 nitrogen and oxygen atoms in total. The Bertz CT molecular complexity index is 255. The molecular formula is C14H25NO. The first kappa shape index (κ1) is 11.9. The highest BCUT2D eigenvalue weighted by Gasteiger charge is 2.38. The number of nitrogens with zero attached hydrogens (tertiary/aromatic N) is 1. The molecule has 1 atom stereocenters. The third-order valence-electron chi connectivity index (χ3n) is 4.42. The molecule has 0 bridgehead atoms. The first-order chi connectivity index (χ1) is 7.62. The van der Waals surface area contributed by atoms with E-state index in [0.717, 1.165) is 25.9 Å². The van der Waals surface area contributed by atoms with E-state index in [4.69, 9.17) is 0 Å². The van der Waals surface area contributed by atoms with Crippen LogP contribution < -0.4 is 0 Å². The van der Waals surface area contributed by atoms with Gasteiger partial charge in [0.15, 0.2) is 0 Å². The minimum absolute atomic E-state index is 0.0324. The van der Waals surface area contributed by atoms with Crippen molar-refractivity contribution in [1.82, 2.24) is 4.90 Å². The van der Waals surface area contributed by atoms with Crippen LogP contribution in [0.4, 0.5) is 0 Å². The summed E-state index contributed by atoms with van der Waals surface area (Å²) in [6, 6.07) is 0. The zero-order valence-electron chi connectivity index (χ0n) is 10.8. The second kappa shape index (κ2) is 4.77. The van der Waals surface area contributed by atoms with Crippen LogP contribution in [0.1, 0.15) is 58.8 Å². The lowest BCUT2D eigenvalue weighted by Crippen LogP contribution is -2.47. The third kappa shape index (κ3) is 2.41. The molecule has 1 unspecified atom stereocenters. The van der Waals surface area contributed by atoms with Crippen LogP contribution in [0, 0.1) is 11.3 Å². The van der Waals surface area contributed by atoms with Crippen molar-refractivity contribution in [3.63, 3.8) is 0 Å². The van der Waals surface area contributed by atoms with E-state index in [1.165, 1.54) is 32.1 Å². The van der Waals surface area contributed by atoms with Gasteiger partial charge in [0.1, 0.15) is 0 Å². The molecule has 1 amide bonds. The molecule has 1 heterocycles. The van der Waals surface area contributed by atoms with Crippen LogP contribution in [-0.4, -0.2) is 23.9 Å². The first-order valence-corrected chi connectivity index (χ1v) is 6.91. The molecule has 1 aliphatic carbocycles. The summed E-state index contributed by atoms with van der Waals surface area (Å²) in [6.07, 6.45) is 8.51. The average molecular weight is 223 g/mol. The maximum atomic E-state index is 12.5. The summed E-state index contributed by atoms with van der Waals surface area (Å²) in [5, 5.41) is 0. The van der Waals surface area contributed by atoms with Crippen LogP contribution in [0.2, 0.25) is 0 Å². The van der Waals surface area contributed by atoms with Crippen LogP contribution in [0.25, 0.3) is 0 Å². The van der Waals surface area contributed by atoms with Gasteiger partial charge in [0, 0.05) is 18.5 Å². The number of piperidine rings is 1. The number of hydrogen-bond acceptors (Lipinski definition) is 1. The molecule has 92 valence electrons. The van der Waals surface area contributed by atoms with Gasteiger partial charge in [-0.25, -0.2) is 0 Å². The van der Waals surface area contributed by atoms with Gasteiger partial charge in [-0.3, -0.25) is 4.79 Å². The predicted molar refractivity (Wildman–Crippen MR) is 66.2 cm³/mol. The predicted octanol–water partition coefficient (Wildman–Crippen LogP) is 3.22. The van der Waals surface area contributed by atoms with E-state index in [2.05, 4.69) is 18.7 Å². The van der Waals surface area contributed by atoms with E-state index in [1.54, 1.807) is 0 Å². The maximum Gasteiger partial charge on any atom is 0.228 e. The van der Waals surface area contributed by atoms with Gasteiger partial charge in [-0.1, -0.05) is 33.1 Å². The van der Waals surface area contributed by atoms with Crippen molar-refractivity contribution in [3.05, 3.63) is 0 Å². The molecule has 1 saturated carbocycles. The van der Waals surface area contributed by atoms with Gasteiger partial charge in [-0.2, -0.15) is 0 Å². The fraction of sp³-hybridized carbons (Fsp3) is 0.929. The second-order valence-electron chi connectivity index (χ2n) is 6.12. The van der Waals surface area contributed by atoms with Crippen molar-refractivity contribution in [2.24, 2.45) is 11.3 Å². The van der Waals surface area contributed by atoms with Gasteiger partial charge >= 0.3 is 0 Å². The molecule has 0 aromatic carbocycles. The van der Waals surface area contributed by atoms with E-state index < -0.39 is 0 Å². The Balaban J connectivity index is 1.99. The molecule has 16 heavy (non-hydrogen) atoms. The minimum atomic E-state index is -0.0324. The quantitative estimate of drug-likeness (QED) is 0.668. The highest BCUT2D eigenvalue weighted by Crippen LogP contribution is 2.38. The molecular weight excluding hydrogens is 198 g/mol. The lowest BCUT2D eigenvalue weighted by Gasteiger charge is -2.40. The molecule has 2 fully saturated rings. The highest BCUT2D eigenvalue weighted by molar-refractivity contribution is 5.82. The van der Waals surface area contributed by atoms with Crippen LogP contribution >= 0.6 is 0 Å². The summed E-state index contributed by atoms with van der Waals surface area (Å²) in [7, 11) is 0. The van der Waals surface area contributed by atoms with Gasteiger partial charge in [0.05, 0.1) is 0 Å². The number of amides is 1. The molecule has 2 aliphatic rings. The maximum absolute atomic E-state index is 12.5. The first-order valence-electron chi connectivity index (χ1n) is 6.91. The fourth-order valence-corrected chi connectivity index (χ4v) is 3.30. The van der Waals surface area contributed by atoms with Crippen molar-refractivity contribution in [2.75, 3.05) is 13.1 Å². The van der Waals surface area contributed by atoms with Crippen LogP contribution in [-0.2, 0) is 4.79 Å². The third-order valence-corrected chi connectivity index (χ3v) is 4.42. The number of carbonyl (C=O) groups is 1. The lowest BCUT2D eigenvalue weighted by atomic mass is 9.74. The fourth-order valence-electron chi connectivity index (χ4n) is 3.30. The van der Waals surface area contributed by atoms with E-state index in [9.17, 15) is 4.79 Å². The van der Waals surface area contributed by atoms with Gasteiger partial charge in [0.25, 0.3) is 0 Å². The average Bonchev–Trinajstić information content (AvgIpc) is 2.29. The SMILES string of the molecule is CC1CCCN(C(=O)C2(C)CCCCC2)C1. The van der Waals surface area contributed by atoms with Crippen molar-refractivity contribution in [3.8, 4) is 0 Å². The van der Waals surface area contributed by atoms with Gasteiger partial charge in [0.2, 0.25) is 5.91 Å². The van der Waals surface area contributed by atoms with Crippen LogP contribution in [0.15, 0.2) is 0 Å². The van der Waals surface area contributed by atoms with E-state index in [-0.39, 0.29) is 5.41 Å². The monoisotopic (exact) mass is 223 g/mol. The molecule has 2 rings (SSSR count). The molecule has 1 saturated heterocycles. The van der Waals surface area contributed by atoms with Gasteiger partial charge in [-0.05, 0) is 31.6 Å². The summed E-state index contributed by atoms with van der Waals surface area (Å²) in [6.45, 7) is 6.45. The van der Waals surface area contributed by atoms with Crippen molar-refractivity contribution >= 4 is 5.91 Å². The van der Waals surface area contributed by atoms with Gasteiger partial charge < -0.3 is 4.90 Å². The van der Waals surface area contributed by atoms with E-state index in [1.807, 2.05) is 0 Å². The second-order valence-corrected chi connectivity index (χ2v) is 6.12. The number of carbonyl (C=O) groups excluding carboxylic acids is 1. The van der Waals surface area contributed by atoms with E-state index in [0.29, 0.717) is 11.8 Å². The van der Waals surface area contributed by atoms with Crippen LogP contribution in [0.3, 0.4) is 0 Å². The number of hydrogen-bond donors (Lipinski definition) is 0. The normalized spacial score (nSPS) is 30.1. The lowest BCUT2D eigenvalue weighted by molar-refractivity contribution is -0.144. The molecule has 0 aromatic rings. The summed E-state index contributed by atoms with van der Waals surface area (Å²) >= 11 is 0. The molecule has 0 spiro atoms. The molecule has 0 radical (unpaired) electrons. The van der Waals surface area contributed by atoms with Crippen LogP contribution in [0.5, 0.6) is 0 Å². The highest BCUT2D eigenvalue weighted by atomic mass is 16.2. The van der Waals surface area contributed by atoms with E-state index >= 15 is 0 Å². The Kier molecular flexibility index (Phi) is 3.56. The Morgan fingerprint density at radius 1 is 1.19 bits per heavy atom. The standard InChI is InChI=1S/C14H25NO/c1-12-7-6-10-15(11-12)13(16)14(2)8-4-3-5-9-14/h12H,3-11H2,1-2H3. The topological polar surface area (TPSA) is 20.3 Å². The summed E-state index contributed by atoms with van der Waals surface area (Å²) in [5.41, 5.74) is -0.0324. The summed E-state index contributed by atoms with van der Waals surface area (Å²) < 4.78 is 0. The van der Waals surface area contributed by atoms with Crippen molar-refractivity contribution in [1.29, 1.82) is 0 Å². The Morgan fingerprint density at radius 2 is 1.88 bits per heavy atom. The number of rotatable bonds is 1.